The first-order valence-corrected chi connectivity index (χ1v) is 20.1. The molecule has 0 aromatic rings. The molecule has 1 heteroatoms. The second kappa shape index (κ2) is 38.8. The van der Waals surface area contributed by atoms with Crippen molar-refractivity contribution in [3.05, 3.63) is 60.8 Å². The second-order valence-electron chi connectivity index (χ2n) is 13.9. The Hall–Kier alpha value is -1.34. The molecule has 0 N–H and O–H groups in total. The van der Waals surface area contributed by atoms with E-state index in [0.717, 1.165) is 18.8 Å². The monoisotopic (exact) mass is 624 g/mol. The third-order valence-corrected chi connectivity index (χ3v) is 8.94. The first-order chi connectivity index (χ1) is 22.2. The summed E-state index contributed by atoms with van der Waals surface area (Å²) in [6.07, 6.45) is 61.6. The number of unbranched alkanes of at least 4 members (excludes halogenated alkanes) is 19. The number of nitrogens with zero attached hydrogens (tertiary/aromatic N) is 1. The summed E-state index contributed by atoms with van der Waals surface area (Å²) in [6.45, 7) is 5.75. The van der Waals surface area contributed by atoms with Crippen LogP contribution in [0.2, 0.25) is 0 Å². The van der Waals surface area contributed by atoms with E-state index in [0.29, 0.717) is 0 Å². The Labute approximate surface area is 285 Å². The van der Waals surface area contributed by atoms with Crippen LogP contribution in [0.1, 0.15) is 194 Å². The van der Waals surface area contributed by atoms with Crippen molar-refractivity contribution in [2.45, 2.75) is 194 Å². The number of allylic oxidation sites excluding steroid dienone is 10. The number of hydrogen-bond acceptors (Lipinski definition) is 1. The van der Waals surface area contributed by atoms with Crippen molar-refractivity contribution < 1.29 is 0 Å². The van der Waals surface area contributed by atoms with E-state index in [4.69, 9.17) is 0 Å². The molecule has 0 aliphatic carbocycles. The molecule has 0 bridgehead atoms. The molecule has 0 spiro atoms. The van der Waals surface area contributed by atoms with Gasteiger partial charge >= 0.3 is 0 Å². The van der Waals surface area contributed by atoms with Crippen molar-refractivity contribution in [3.8, 4) is 0 Å². The van der Waals surface area contributed by atoms with E-state index >= 15 is 0 Å². The van der Waals surface area contributed by atoms with Gasteiger partial charge in [0.05, 0.1) is 0 Å². The molecule has 0 aromatic heterocycles. The van der Waals surface area contributed by atoms with Crippen LogP contribution in [0.3, 0.4) is 0 Å². The van der Waals surface area contributed by atoms with Gasteiger partial charge in [0.2, 0.25) is 0 Å². The molecule has 262 valence electrons. The van der Waals surface area contributed by atoms with Gasteiger partial charge < -0.3 is 4.90 Å². The average molecular weight is 624 g/mol. The zero-order valence-corrected chi connectivity index (χ0v) is 31.3. The van der Waals surface area contributed by atoms with Crippen LogP contribution in [0.5, 0.6) is 0 Å². The molecule has 0 rings (SSSR count). The Balaban J connectivity index is 3.93. The molecular formula is C44H81N. The molecule has 1 unspecified atom stereocenters. The minimum absolute atomic E-state index is 0.806. The molecule has 0 fully saturated rings. The maximum Gasteiger partial charge on any atom is -0.00219 e. The van der Waals surface area contributed by atoms with Crippen LogP contribution in [0.25, 0.3) is 0 Å². The van der Waals surface area contributed by atoms with Crippen LogP contribution >= 0.6 is 0 Å². The third-order valence-electron chi connectivity index (χ3n) is 8.94. The van der Waals surface area contributed by atoms with E-state index in [1.165, 1.54) is 173 Å². The predicted molar refractivity (Wildman–Crippen MR) is 208 cm³/mol. The Morgan fingerprint density at radius 2 is 0.733 bits per heavy atom. The van der Waals surface area contributed by atoms with Gasteiger partial charge in [-0.2, -0.15) is 0 Å². The average Bonchev–Trinajstić information content (AvgIpc) is 3.03. The summed E-state index contributed by atoms with van der Waals surface area (Å²) in [4.78, 5) is 2.31. The van der Waals surface area contributed by atoms with E-state index in [1.807, 2.05) is 0 Å². The lowest BCUT2D eigenvalue weighted by molar-refractivity contribution is 0.401. The van der Waals surface area contributed by atoms with E-state index in [9.17, 15) is 0 Å². The van der Waals surface area contributed by atoms with Crippen molar-refractivity contribution >= 4 is 0 Å². The quantitative estimate of drug-likeness (QED) is 0.0501. The van der Waals surface area contributed by atoms with Crippen molar-refractivity contribution in [2.24, 2.45) is 5.92 Å². The fourth-order valence-electron chi connectivity index (χ4n) is 5.94. The normalized spacial score (nSPS) is 13.4. The van der Waals surface area contributed by atoms with Crippen LogP contribution in [0.15, 0.2) is 60.8 Å². The molecule has 0 aromatic carbocycles. The summed E-state index contributed by atoms with van der Waals surface area (Å²) >= 11 is 0. The highest BCUT2D eigenvalue weighted by molar-refractivity contribution is 4.93. The molecular weight excluding hydrogens is 542 g/mol. The molecule has 0 aliphatic rings. The van der Waals surface area contributed by atoms with Gasteiger partial charge in [-0.25, -0.2) is 0 Å². The molecule has 45 heavy (non-hydrogen) atoms. The molecule has 0 saturated carbocycles. The van der Waals surface area contributed by atoms with Crippen molar-refractivity contribution in [3.63, 3.8) is 0 Å². The summed E-state index contributed by atoms with van der Waals surface area (Å²) in [5, 5.41) is 0. The van der Waals surface area contributed by atoms with Gasteiger partial charge in [-0.1, -0.05) is 164 Å². The third kappa shape index (κ3) is 38.8. The van der Waals surface area contributed by atoms with E-state index < -0.39 is 0 Å². The summed E-state index contributed by atoms with van der Waals surface area (Å²) in [5.41, 5.74) is 0. The summed E-state index contributed by atoms with van der Waals surface area (Å²) in [7, 11) is 4.37. The smallest absolute Gasteiger partial charge is 0.00219 e. The van der Waals surface area contributed by atoms with Gasteiger partial charge in [0.1, 0.15) is 0 Å². The zero-order chi connectivity index (χ0) is 32.7. The van der Waals surface area contributed by atoms with Crippen LogP contribution in [-0.2, 0) is 0 Å². The van der Waals surface area contributed by atoms with Crippen LogP contribution < -0.4 is 0 Å². The lowest BCUT2D eigenvalue weighted by Crippen LogP contribution is -2.12. The second-order valence-corrected chi connectivity index (χ2v) is 13.9. The lowest BCUT2D eigenvalue weighted by atomic mass is 9.93. The molecule has 0 aliphatic heterocycles. The highest BCUT2D eigenvalue weighted by Crippen LogP contribution is 2.21. The van der Waals surface area contributed by atoms with Crippen molar-refractivity contribution in [1.82, 2.24) is 4.90 Å². The first-order valence-electron chi connectivity index (χ1n) is 20.1. The fourth-order valence-corrected chi connectivity index (χ4v) is 5.94. The Morgan fingerprint density at radius 3 is 1.13 bits per heavy atom. The maximum absolute atomic E-state index is 2.59. The van der Waals surface area contributed by atoms with Gasteiger partial charge in [-0.05, 0) is 116 Å². The van der Waals surface area contributed by atoms with Gasteiger partial charge in [0, 0.05) is 0 Å². The summed E-state index contributed by atoms with van der Waals surface area (Å²) in [5.74, 6) is 0.806. The topological polar surface area (TPSA) is 3.24 Å². The highest BCUT2D eigenvalue weighted by Gasteiger charge is 2.05. The molecule has 0 saturated heterocycles. The van der Waals surface area contributed by atoms with Crippen molar-refractivity contribution in [1.29, 1.82) is 0 Å². The molecule has 0 amide bonds. The molecule has 0 radical (unpaired) electrons. The lowest BCUT2D eigenvalue weighted by Gasteiger charge is -2.13. The SMILES string of the molecule is CCCCC/C=C\CC=CCCCCCCCCC(C=CCCCN(C)C)CCCCCCCC/C=C\C/C=C\CCCCC. The van der Waals surface area contributed by atoms with Gasteiger partial charge in [-0.3, -0.25) is 0 Å². The Morgan fingerprint density at radius 1 is 0.378 bits per heavy atom. The predicted octanol–water partition coefficient (Wildman–Crippen LogP) is 14.9. The standard InChI is InChI=1S/C44H81N/c1-5-7-9-11-13-15-17-19-21-23-25-27-29-31-33-36-40-44(42-38-35-39-43-45(3)4)41-37-34-32-30-28-26-24-22-20-18-16-14-12-10-8-6-2/h13-16,19-22,38,42,44H,5-12,17-18,23-37,39-41,43H2,1-4H3/b15-13-,16-14-,21-19-,22-20?,42-38?. The first kappa shape index (κ1) is 43.7. The summed E-state index contributed by atoms with van der Waals surface area (Å²) < 4.78 is 0. The number of hydrogen-bond donors (Lipinski definition) is 0. The fraction of sp³-hybridized carbons (Fsp3) is 0.773. The minimum Gasteiger partial charge on any atom is -0.309 e. The van der Waals surface area contributed by atoms with Crippen molar-refractivity contribution in [2.75, 3.05) is 20.6 Å². The molecule has 0 heterocycles. The molecule has 1 nitrogen and oxygen atoms in total. The van der Waals surface area contributed by atoms with E-state index in [1.54, 1.807) is 0 Å². The van der Waals surface area contributed by atoms with E-state index in [2.05, 4.69) is 93.6 Å². The van der Waals surface area contributed by atoms with Gasteiger partial charge in [-0.15, -0.1) is 0 Å². The molecule has 1 atom stereocenters. The van der Waals surface area contributed by atoms with Crippen LogP contribution in [0, 0.1) is 5.92 Å². The minimum atomic E-state index is 0.806. The number of rotatable bonds is 35. The Kier molecular flexibility index (Phi) is 37.7. The van der Waals surface area contributed by atoms with Crippen LogP contribution in [-0.4, -0.2) is 25.5 Å². The zero-order valence-electron chi connectivity index (χ0n) is 31.3. The van der Waals surface area contributed by atoms with Gasteiger partial charge in [0.15, 0.2) is 0 Å². The van der Waals surface area contributed by atoms with Crippen LogP contribution in [0.4, 0.5) is 0 Å². The summed E-state index contributed by atoms with van der Waals surface area (Å²) in [6, 6.07) is 0. The largest absolute Gasteiger partial charge is 0.309 e. The Bertz CT molecular complexity index is 646. The van der Waals surface area contributed by atoms with Gasteiger partial charge in [0.25, 0.3) is 0 Å². The maximum atomic E-state index is 2.59. The van der Waals surface area contributed by atoms with E-state index in [-0.39, 0.29) is 0 Å². The highest BCUT2D eigenvalue weighted by atomic mass is 15.0.